The lowest BCUT2D eigenvalue weighted by atomic mass is 10.1. The number of nitrogens with one attached hydrogen (secondary N) is 4. The summed E-state index contributed by atoms with van der Waals surface area (Å²) < 4.78 is 54.0. The van der Waals surface area contributed by atoms with Gasteiger partial charge in [0.2, 0.25) is 25.9 Å². The fourth-order valence-electron chi connectivity index (χ4n) is 3.65. The van der Waals surface area contributed by atoms with Crippen LogP contribution in [0, 0.1) is 0 Å². The zero-order valence-corrected chi connectivity index (χ0v) is 17.8. The van der Waals surface area contributed by atoms with Crippen LogP contribution in [0.2, 0.25) is 0 Å². The Morgan fingerprint density at radius 2 is 2.00 bits per heavy atom. The minimum Gasteiger partial charge on any atom is -0.338 e. The van der Waals surface area contributed by atoms with Crippen molar-refractivity contribution >= 4 is 31.8 Å². The van der Waals surface area contributed by atoms with Crippen molar-refractivity contribution in [2.45, 2.75) is 28.7 Å². The summed E-state index contributed by atoms with van der Waals surface area (Å²) in [7, 11) is -8.89. The smallest absolute Gasteiger partial charge is 0.321 e. The largest absolute Gasteiger partial charge is 0.338 e. The molecule has 2 fully saturated rings. The number of tetrazole rings is 1. The second kappa shape index (κ2) is 8.12. The maximum atomic E-state index is 13.1. The Hall–Kier alpha value is -2.66. The molecule has 2 aliphatic heterocycles. The Kier molecular flexibility index (Phi) is 5.65. The predicted molar refractivity (Wildman–Crippen MR) is 108 cm³/mol. The number of aromatic amines is 1. The highest BCUT2D eigenvalue weighted by Gasteiger charge is 2.35. The molecule has 4 rings (SSSR count). The van der Waals surface area contributed by atoms with Gasteiger partial charge in [0, 0.05) is 25.7 Å². The SMILES string of the molecule is NS(=O)(=O)c1c(S(=O)(=O)NC2CCNC2)ccc(N2CCCNC2=O)c1-c1nn[nH]n1. The van der Waals surface area contributed by atoms with E-state index in [-0.39, 0.29) is 23.6 Å². The van der Waals surface area contributed by atoms with Crippen molar-refractivity contribution in [2.24, 2.45) is 5.14 Å². The van der Waals surface area contributed by atoms with Crippen molar-refractivity contribution in [1.29, 1.82) is 0 Å². The van der Waals surface area contributed by atoms with Crippen LogP contribution in [0.15, 0.2) is 21.9 Å². The van der Waals surface area contributed by atoms with Crippen molar-refractivity contribution in [3.8, 4) is 11.4 Å². The van der Waals surface area contributed by atoms with Crippen LogP contribution in [0.5, 0.6) is 0 Å². The number of sulfonamides is 2. The third-order valence-corrected chi connectivity index (χ3v) is 7.68. The number of carbonyl (C=O) groups excluding carboxylic acids is 1. The lowest BCUT2D eigenvalue weighted by molar-refractivity contribution is 0.243. The predicted octanol–water partition coefficient (Wildman–Crippen LogP) is -1.93. The van der Waals surface area contributed by atoms with Gasteiger partial charge in [-0.3, -0.25) is 4.90 Å². The van der Waals surface area contributed by atoms with Crippen LogP contribution >= 0.6 is 0 Å². The number of benzene rings is 1. The number of H-pyrrole nitrogens is 1. The second-order valence-electron chi connectivity index (χ2n) is 7.12. The van der Waals surface area contributed by atoms with E-state index in [1.165, 1.54) is 11.0 Å². The van der Waals surface area contributed by atoms with Crippen molar-refractivity contribution in [3.63, 3.8) is 0 Å². The van der Waals surface area contributed by atoms with Gasteiger partial charge in [0.15, 0.2) is 0 Å². The van der Waals surface area contributed by atoms with Crippen molar-refractivity contribution in [1.82, 2.24) is 36.0 Å². The third kappa shape index (κ3) is 4.24. The fourth-order valence-corrected chi connectivity index (χ4v) is 6.52. The average molecular weight is 472 g/mol. The molecule has 6 N–H and O–H groups in total. The van der Waals surface area contributed by atoms with Gasteiger partial charge in [-0.2, -0.15) is 5.21 Å². The molecule has 1 atom stereocenters. The molecule has 0 radical (unpaired) electrons. The van der Waals surface area contributed by atoms with Gasteiger partial charge in [0.25, 0.3) is 0 Å². The molecule has 14 nitrogen and oxygen atoms in total. The molecule has 3 heterocycles. The Morgan fingerprint density at radius 3 is 2.61 bits per heavy atom. The van der Waals surface area contributed by atoms with E-state index < -0.39 is 41.9 Å². The molecule has 168 valence electrons. The van der Waals surface area contributed by atoms with Crippen LogP contribution in [-0.4, -0.2) is 75.7 Å². The van der Waals surface area contributed by atoms with Crippen molar-refractivity contribution in [3.05, 3.63) is 12.1 Å². The Bertz CT molecular complexity index is 1190. The quantitative estimate of drug-likeness (QED) is 0.318. The van der Waals surface area contributed by atoms with Gasteiger partial charge in [-0.15, -0.1) is 10.2 Å². The van der Waals surface area contributed by atoms with E-state index in [0.717, 1.165) is 6.07 Å². The van der Waals surface area contributed by atoms with E-state index in [1.54, 1.807) is 0 Å². The van der Waals surface area contributed by atoms with Gasteiger partial charge in [0.1, 0.15) is 9.79 Å². The lowest BCUT2D eigenvalue weighted by Gasteiger charge is -2.29. The number of aromatic nitrogens is 4. The number of rotatable bonds is 6. The average Bonchev–Trinajstić information content (AvgIpc) is 3.40. The molecule has 2 amide bonds. The monoisotopic (exact) mass is 471 g/mol. The number of amides is 2. The zero-order valence-electron chi connectivity index (χ0n) is 16.2. The van der Waals surface area contributed by atoms with E-state index in [2.05, 4.69) is 36.0 Å². The van der Waals surface area contributed by atoms with E-state index >= 15 is 0 Å². The standard InChI is InChI=1S/C15H21N9O5S2/c16-30(26,27)13-11(31(28,29)21-9-4-6-17-8-9)3-2-10(12(13)14-19-22-23-20-14)24-7-1-5-18-15(24)25/h2-3,9,17,21H,1,4-8H2,(H,18,25)(H2,16,26,27)(H,19,20,22,23). The summed E-state index contributed by atoms with van der Waals surface area (Å²) in [5.41, 5.74) is -0.121. The number of carbonyl (C=O) groups is 1. The molecule has 31 heavy (non-hydrogen) atoms. The first-order chi connectivity index (χ1) is 14.7. The molecule has 2 aromatic rings. The number of hydrogen-bond acceptors (Lipinski definition) is 9. The molecule has 1 aromatic heterocycles. The van der Waals surface area contributed by atoms with E-state index in [4.69, 9.17) is 5.14 Å². The van der Waals surface area contributed by atoms with E-state index in [1.807, 2.05) is 0 Å². The molecule has 1 aromatic carbocycles. The van der Waals surface area contributed by atoms with E-state index in [0.29, 0.717) is 32.5 Å². The van der Waals surface area contributed by atoms with Gasteiger partial charge < -0.3 is 10.6 Å². The number of urea groups is 1. The Morgan fingerprint density at radius 1 is 1.19 bits per heavy atom. The van der Waals surface area contributed by atoms with Gasteiger partial charge >= 0.3 is 6.03 Å². The number of hydrogen-bond donors (Lipinski definition) is 5. The van der Waals surface area contributed by atoms with Gasteiger partial charge in [0.05, 0.1) is 11.3 Å². The molecule has 0 aliphatic carbocycles. The highest BCUT2D eigenvalue weighted by Crippen LogP contribution is 2.38. The fraction of sp³-hybridized carbons (Fsp3) is 0.467. The topological polar surface area (TPSA) is 205 Å². The number of anilines is 1. The van der Waals surface area contributed by atoms with E-state index in [9.17, 15) is 21.6 Å². The third-order valence-electron chi connectivity index (χ3n) is 5.00. The summed E-state index contributed by atoms with van der Waals surface area (Å²) in [6, 6.07) is 1.58. The summed E-state index contributed by atoms with van der Waals surface area (Å²) in [6.07, 6.45) is 1.14. The molecule has 0 spiro atoms. The van der Waals surface area contributed by atoms with Crippen LogP contribution in [0.4, 0.5) is 10.5 Å². The van der Waals surface area contributed by atoms with Gasteiger partial charge in [-0.1, -0.05) is 0 Å². The molecule has 1 unspecified atom stereocenters. The first-order valence-electron chi connectivity index (χ1n) is 9.40. The number of primary sulfonamides is 1. The first kappa shape index (κ1) is 21.6. The molecule has 2 saturated heterocycles. The maximum Gasteiger partial charge on any atom is 0.321 e. The molecular weight excluding hydrogens is 450 g/mol. The van der Waals surface area contributed by atoms with Crippen molar-refractivity contribution in [2.75, 3.05) is 31.1 Å². The highest BCUT2D eigenvalue weighted by atomic mass is 32.2. The Balaban J connectivity index is 1.95. The molecule has 0 saturated carbocycles. The number of nitrogens with two attached hydrogens (primary N) is 1. The minimum absolute atomic E-state index is 0.101. The minimum atomic E-state index is -4.60. The molecule has 16 heteroatoms. The first-order valence-corrected chi connectivity index (χ1v) is 12.4. The van der Waals surface area contributed by atoms with Crippen LogP contribution < -0.4 is 25.4 Å². The van der Waals surface area contributed by atoms with Gasteiger partial charge in [-0.05, 0) is 36.7 Å². The maximum absolute atomic E-state index is 13.1. The Labute approximate surface area is 178 Å². The zero-order chi connectivity index (χ0) is 22.2. The molecule has 0 bridgehead atoms. The lowest BCUT2D eigenvalue weighted by Crippen LogP contribution is -2.47. The summed E-state index contributed by atoms with van der Waals surface area (Å²) in [4.78, 5) is 12.4. The van der Waals surface area contributed by atoms with Crippen molar-refractivity contribution < 1.29 is 21.6 Å². The normalized spacial score (nSPS) is 20.1. The summed E-state index contributed by atoms with van der Waals surface area (Å²) >= 11 is 0. The second-order valence-corrected chi connectivity index (χ2v) is 10.3. The van der Waals surface area contributed by atoms with Crippen LogP contribution in [-0.2, 0) is 20.0 Å². The summed E-state index contributed by atoms with van der Waals surface area (Å²) in [5, 5.41) is 24.4. The van der Waals surface area contributed by atoms with Crippen LogP contribution in [0.1, 0.15) is 12.8 Å². The molecular formula is C15H21N9O5S2. The number of nitrogens with zero attached hydrogens (tertiary/aromatic N) is 4. The van der Waals surface area contributed by atoms with Gasteiger partial charge in [-0.25, -0.2) is 31.5 Å². The highest BCUT2D eigenvalue weighted by molar-refractivity contribution is 7.92. The van der Waals surface area contributed by atoms with Crippen LogP contribution in [0.3, 0.4) is 0 Å². The van der Waals surface area contributed by atoms with Crippen LogP contribution in [0.25, 0.3) is 11.4 Å². The summed E-state index contributed by atoms with van der Waals surface area (Å²) in [5.74, 6) is -0.211. The molecule has 2 aliphatic rings. The summed E-state index contributed by atoms with van der Waals surface area (Å²) in [6.45, 7) is 1.78.